The fraction of sp³-hybridized carbons (Fsp3) is 0.909. The number of nitrogens with zero attached hydrogens (tertiary/aromatic N) is 1. The van der Waals surface area contributed by atoms with Crippen molar-refractivity contribution in [2.45, 2.75) is 38.1 Å². The molecule has 0 spiro atoms. The zero-order chi connectivity index (χ0) is 11.3. The number of nitrogens with two attached hydrogens (primary N) is 1. The molecule has 0 aromatic carbocycles. The molecule has 1 aliphatic rings. The first-order valence-corrected chi connectivity index (χ1v) is 5.81. The lowest BCUT2D eigenvalue weighted by Gasteiger charge is -2.31. The predicted octanol–water partition coefficient (Wildman–Crippen LogP) is 0.326. The minimum Gasteiger partial charge on any atom is -0.370 e. The maximum Gasteiger partial charge on any atom is 0.219 e. The third-order valence-electron chi connectivity index (χ3n) is 3.53. The van der Waals surface area contributed by atoms with Crippen molar-refractivity contribution < 1.29 is 4.79 Å². The van der Waals surface area contributed by atoms with Crippen LogP contribution in [-0.2, 0) is 4.79 Å². The van der Waals surface area contributed by atoms with Crippen molar-refractivity contribution in [1.82, 2.24) is 10.2 Å². The summed E-state index contributed by atoms with van der Waals surface area (Å²) in [6.07, 6.45) is 3.66. The van der Waals surface area contributed by atoms with Gasteiger partial charge in [0.05, 0.1) is 0 Å². The van der Waals surface area contributed by atoms with Gasteiger partial charge in [0.15, 0.2) is 0 Å². The minimum absolute atomic E-state index is 0.0598. The third-order valence-corrected chi connectivity index (χ3v) is 3.53. The third kappa shape index (κ3) is 3.47. The van der Waals surface area contributed by atoms with E-state index in [-0.39, 0.29) is 11.4 Å². The molecule has 0 aromatic rings. The van der Waals surface area contributed by atoms with Crippen LogP contribution in [0.3, 0.4) is 0 Å². The van der Waals surface area contributed by atoms with Gasteiger partial charge in [0.2, 0.25) is 5.91 Å². The summed E-state index contributed by atoms with van der Waals surface area (Å²) in [7, 11) is 1.94. The summed E-state index contributed by atoms with van der Waals surface area (Å²) in [6.45, 7) is 5.47. The molecule has 1 aliphatic heterocycles. The molecule has 0 aliphatic carbocycles. The molecule has 0 aromatic heterocycles. The number of nitrogens with one attached hydrogen (secondary N) is 1. The summed E-state index contributed by atoms with van der Waals surface area (Å²) in [5.74, 6) is -0.200. The van der Waals surface area contributed by atoms with Crippen LogP contribution < -0.4 is 11.1 Å². The Bertz CT molecular complexity index is 220. The molecule has 1 saturated heterocycles. The minimum atomic E-state index is -0.200. The highest BCUT2D eigenvalue weighted by atomic mass is 16.1. The van der Waals surface area contributed by atoms with Gasteiger partial charge in [0.25, 0.3) is 0 Å². The molecule has 1 fully saturated rings. The fourth-order valence-electron chi connectivity index (χ4n) is 2.41. The molecule has 88 valence electrons. The lowest BCUT2D eigenvalue weighted by molar-refractivity contribution is -0.119. The van der Waals surface area contributed by atoms with Crippen LogP contribution in [-0.4, -0.2) is 43.0 Å². The summed E-state index contributed by atoms with van der Waals surface area (Å²) in [5, 5.41) is 3.31. The van der Waals surface area contributed by atoms with Crippen LogP contribution in [0.25, 0.3) is 0 Å². The molecular weight excluding hydrogens is 190 g/mol. The van der Waals surface area contributed by atoms with Crippen molar-refractivity contribution in [2.24, 2.45) is 5.73 Å². The van der Waals surface area contributed by atoms with E-state index in [9.17, 15) is 4.79 Å². The summed E-state index contributed by atoms with van der Waals surface area (Å²) >= 11 is 0. The number of carbonyl (C=O) groups excluding carboxylic acids is 1. The zero-order valence-electron chi connectivity index (χ0n) is 9.88. The van der Waals surface area contributed by atoms with E-state index in [2.05, 4.69) is 17.1 Å². The van der Waals surface area contributed by atoms with Crippen LogP contribution in [0.5, 0.6) is 0 Å². The largest absolute Gasteiger partial charge is 0.370 e. The Morgan fingerprint density at radius 1 is 1.47 bits per heavy atom. The average molecular weight is 213 g/mol. The van der Waals surface area contributed by atoms with Gasteiger partial charge < -0.3 is 16.0 Å². The predicted molar refractivity (Wildman–Crippen MR) is 61.6 cm³/mol. The number of amides is 1. The summed E-state index contributed by atoms with van der Waals surface area (Å²) in [6, 6.07) is 0. The molecule has 3 N–H and O–H groups in total. The second-order valence-corrected chi connectivity index (χ2v) is 4.46. The van der Waals surface area contributed by atoms with Crippen molar-refractivity contribution in [3.8, 4) is 0 Å². The van der Waals surface area contributed by atoms with Crippen molar-refractivity contribution in [3.05, 3.63) is 0 Å². The van der Waals surface area contributed by atoms with E-state index in [1.807, 2.05) is 7.05 Å². The zero-order valence-corrected chi connectivity index (χ0v) is 9.88. The van der Waals surface area contributed by atoms with Gasteiger partial charge in [-0.2, -0.15) is 0 Å². The van der Waals surface area contributed by atoms with E-state index in [0.717, 1.165) is 38.9 Å². The molecule has 15 heavy (non-hydrogen) atoms. The average Bonchev–Trinajstić information content (AvgIpc) is 2.40. The number of hydrogen-bond donors (Lipinski definition) is 2. The molecule has 4 heteroatoms. The van der Waals surface area contributed by atoms with Crippen LogP contribution in [0, 0.1) is 0 Å². The molecule has 1 heterocycles. The van der Waals surface area contributed by atoms with Crippen molar-refractivity contribution in [2.75, 3.05) is 26.7 Å². The topological polar surface area (TPSA) is 58.4 Å². The standard InChI is InChI=1S/C11H23N3O/c1-3-14-7-4-5-11(13-2,6-8-14)9-10(12)15/h13H,3-9H2,1-2H3,(H2,12,15). The monoisotopic (exact) mass is 213 g/mol. The smallest absolute Gasteiger partial charge is 0.219 e. The maximum atomic E-state index is 11.1. The van der Waals surface area contributed by atoms with E-state index in [1.165, 1.54) is 0 Å². The van der Waals surface area contributed by atoms with Gasteiger partial charge in [-0.25, -0.2) is 0 Å². The highest BCUT2D eigenvalue weighted by Gasteiger charge is 2.32. The SMILES string of the molecule is CCN1CCCC(CC(N)=O)(NC)CC1. The van der Waals surface area contributed by atoms with Gasteiger partial charge in [-0.15, -0.1) is 0 Å². The molecule has 0 radical (unpaired) electrons. The Balaban J connectivity index is 2.61. The first-order valence-electron chi connectivity index (χ1n) is 5.81. The van der Waals surface area contributed by atoms with E-state index >= 15 is 0 Å². The molecule has 1 unspecified atom stereocenters. The van der Waals surface area contributed by atoms with E-state index < -0.39 is 0 Å². The lowest BCUT2D eigenvalue weighted by Crippen LogP contribution is -2.46. The Morgan fingerprint density at radius 3 is 2.73 bits per heavy atom. The summed E-state index contributed by atoms with van der Waals surface area (Å²) < 4.78 is 0. The number of hydrogen-bond acceptors (Lipinski definition) is 3. The summed E-state index contributed by atoms with van der Waals surface area (Å²) in [5.41, 5.74) is 5.25. The van der Waals surface area contributed by atoms with Crippen molar-refractivity contribution >= 4 is 5.91 Å². The van der Waals surface area contributed by atoms with Crippen molar-refractivity contribution in [3.63, 3.8) is 0 Å². The van der Waals surface area contributed by atoms with Gasteiger partial charge in [0, 0.05) is 12.0 Å². The highest BCUT2D eigenvalue weighted by molar-refractivity contribution is 5.75. The molecule has 4 nitrogen and oxygen atoms in total. The van der Waals surface area contributed by atoms with Crippen molar-refractivity contribution in [1.29, 1.82) is 0 Å². The molecule has 1 atom stereocenters. The lowest BCUT2D eigenvalue weighted by atomic mass is 9.87. The van der Waals surface area contributed by atoms with E-state index in [0.29, 0.717) is 6.42 Å². The number of carbonyl (C=O) groups is 1. The van der Waals surface area contributed by atoms with Gasteiger partial charge in [0.1, 0.15) is 0 Å². The van der Waals surface area contributed by atoms with Crippen LogP contribution in [0.4, 0.5) is 0 Å². The maximum absolute atomic E-state index is 11.1. The Morgan fingerprint density at radius 2 is 2.20 bits per heavy atom. The molecule has 1 rings (SSSR count). The Hall–Kier alpha value is -0.610. The second-order valence-electron chi connectivity index (χ2n) is 4.46. The van der Waals surface area contributed by atoms with Gasteiger partial charge in [-0.05, 0) is 45.9 Å². The summed E-state index contributed by atoms with van der Waals surface area (Å²) in [4.78, 5) is 13.5. The highest BCUT2D eigenvalue weighted by Crippen LogP contribution is 2.25. The number of primary amides is 1. The molecule has 1 amide bonds. The molecular formula is C11H23N3O. The Kier molecular flexibility index (Phi) is 4.54. The first kappa shape index (κ1) is 12.5. The second kappa shape index (κ2) is 5.47. The van der Waals surface area contributed by atoms with Gasteiger partial charge in [-0.1, -0.05) is 6.92 Å². The van der Waals surface area contributed by atoms with E-state index in [4.69, 9.17) is 5.73 Å². The van der Waals surface area contributed by atoms with E-state index in [1.54, 1.807) is 0 Å². The van der Waals surface area contributed by atoms with Crippen LogP contribution >= 0.6 is 0 Å². The van der Waals surface area contributed by atoms with Gasteiger partial charge in [-0.3, -0.25) is 4.79 Å². The number of likely N-dealkylation sites (tertiary alicyclic amines) is 1. The van der Waals surface area contributed by atoms with Crippen LogP contribution in [0.15, 0.2) is 0 Å². The fourth-order valence-corrected chi connectivity index (χ4v) is 2.41. The number of rotatable bonds is 4. The Labute approximate surface area is 92.2 Å². The van der Waals surface area contributed by atoms with Gasteiger partial charge >= 0.3 is 0 Å². The van der Waals surface area contributed by atoms with Crippen LogP contribution in [0.2, 0.25) is 0 Å². The normalized spacial score (nSPS) is 28.7. The first-order chi connectivity index (χ1) is 7.12. The molecule has 0 saturated carbocycles. The van der Waals surface area contributed by atoms with Crippen LogP contribution in [0.1, 0.15) is 32.6 Å². The quantitative estimate of drug-likeness (QED) is 0.707. The molecule has 0 bridgehead atoms.